The second-order valence-electron chi connectivity index (χ2n) is 15.6. The van der Waals surface area contributed by atoms with Crippen molar-refractivity contribution in [3.63, 3.8) is 0 Å². The topological polar surface area (TPSA) is 228 Å². The van der Waals surface area contributed by atoms with Crippen LogP contribution in [0.2, 0.25) is 0 Å². The predicted molar refractivity (Wildman–Crippen MR) is 221 cm³/mol. The molecular formula is C40H32F4N18O3. The molecule has 11 rings (SSSR count). The molecule has 9 aromatic rings. The van der Waals surface area contributed by atoms with Gasteiger partial charge in [0.25, 0.3) is 12.9 Å². The number of oxazole rings is 1. The number of amides is 1. The number of fused-ring (bicyclic) bond motifs is 4. The predicted octanol–water partition coefficient (Wildman–Crippen LogP) is 5.13. The average Bonchev–Trinajstić information content (AvgIpc) is 3.96. The monoisotopic (exact) mass is 888 g/mol. The van der Waals surface area contributed by atoms with Crippen LogP contribution in [0.1, 0.15) is 34.9 Å². The van der Waals surface area contributed by atoms with Gasteiger partial charge in [-0.3, -0.25) is 28.6 Å². The number of aromatic nitrogens is 15. The van der Waals surface area contributed by atoms with Crippen LogP contribution in [0.4, 0.5) is 52.3 Å². The SMILES string of the molecule is Cc1cc2ncnn2cc1Nc1ncc2c(n1)N(c1cnn(CC(F)F)c1)C(=O)C21CC1c1ncc(-c2cc(C)c(Nc3ncc4c(n3)n(-c3cnn(CC(F)F)c3)c(=O)n4C)cn2)o1. The molecule has 9 aromatic heterocycles. The van der Waals surface area contributed by atoms with Crippen LogP contribution in [0.15, 0.2) is 83.4 Å². The first kappa shape index (κ1) is 39.5. The maximum atomic E-state index is 14.6. The Morgan fingerprint density at radius 3 is 2.26 bits per heavy atom. The number of aryl methyl sites for hydroxylation is 3. The van der Waals surface area contributed by atoms with E-state index < -0.39 is 43.0 Å². The number of imidazole rings is 1. The highest BCUT2D eigenvalue weighted by atomic mass is 19.3. The van der Waals surface area contributed by atoms with E-state index in [1.54, 1.807) is 36.2 Å². The fourth-order valence-electron chi connectivity index (χ4n) is 8.20. The number of carbonyl (C=O) groups excluding carboxylic acids is 1. The van der Waals surface area contributed by atoms with Crippen molar-refractivity contribution in [2.24, 2.45) is 7.05 Å². The van der Waals surface area contributed by atoms with Crippen molar-refractivity contribution < 1.29 is 26.8 Å². The maximum Gasteiger partial charge on any atom is 0.334 e. The minimum Gasteiger partial charge on any atom is -0.439 e. The number of anilines is 6. The first-order chi connectivity index (χ1) is 31.3. The highest BCUT2D eigenvalue weighted by Crippen LogP contribution is 2.66. The van der Waals surface area contributed by atoms with Gasteiger partial charge in [-0.2, -0.15) is 25.3 Å². The minimum absolute atomic E-state index is 0.141. The summed E-state index contributed by atoms with van der Waals surface area (Å²) in [5.74, 6) is 0.319. The van der Waals surface area contributed by atoms with Crippen LogP contribution in [0.25, 0.3) is 34.0 Å². The van der Waals surface area contributed by atoms with Gasteiger partial charge in [-0.25, -0.2) is 51.4 Å². The van der Waals surface area contributed by atoms with E-state index in [4.69, 9.17) is 9.40 Å². The van der Waals surface area contributed by atoms with Crippen molar-refractivity contribution in [1.82, 2.24) is 73.2 Å². The van der Waals surface area contributed by atoms with Crippen LogP contribution < -0.4 is 21.2 Å². The second-order valence-corrected chi connectivity index (χ2v) is 15.6. The molecule has 328 valence electrons. The van der Waals surface area contributed by atoms with Crippen molar-refractivity contribution in [3.8, 4) is 17.1 Å². The van der Waals surface area contributed by atoms with Crippen LogP contribution in [0.3, 0.4) is 0 Å². The molecule has 1 aliphatic carbocycles. The Balaban J connectivity index is 0.865. The summed E-state index contributed by atoms with van der Waals surface area (Å²) in [7, 11) is 1.55. The van der Waals surface area contributed by atoms with E-state index in [9.17, 15) is 27.2 Å². The number of pyridine rings is 2. The summed E-state index contributed by atoms with van der Waals surface area (Å²) in [5.41, 5.74) is 3.90. The fourth-order valence-corrected chi connectivity index (χ4v) is 8.20. The van der Waals surface area contributed by atoms with Gasteiger partial charge < -0.3 is 15.1 Å². The molecular weight excluding hydrogens is 857 g/mol. The molecule has 2 N–H and O–H groups in total. The van der Waals surface area contributed by atoms with Crippen molar-refractivity contribution in [1.29, 1.82) is 0 Å². The lowest BCUT2D eigenvalue weighted by Gasteiger charge is -2.15. The summed E-state index contributed by atoms with van der Waals surface area (Å²) in [6, 6.07) is 3.61. The van der Waals surface area contributed by atoms with E-state index in [1.165, 1.54) is 57.5 Å². The molecule has 1 fully saturated rings. The lowest BCUT2D eigenvalue weighted by Crippen LogP contribution is -2.29. The van der Waals surface area contributed by atoms with Crippen LogP contribution in [-0.2, 0) is 30.3 Å². The van der Waals surface area contributed by atoms with Crippen LogP contribution in [-0.4, -0.2) is 92.0 Å². The third kappa shape index (κ3) is 6.52. The molecule has 2 atom stereocenters. The number of carbonyl (C=O) groups is 1. The molecule has 1 saturated carbocycles. The van der Waals surface area contributed by atoms with E-state index in [1.807, 2.05) is 19.9 Å². The Hall–Kier alpha value is -8.38. The Labute approximate surface area is 361 Å². The van der Waals surface area contributed by atoms with Gasteiger partial charge >= 0.3 is 5.69 Å². The van der Waals surface area contributed by atoms with Gasteiger partial charge in [0.1, 0.15) is 36.4 Å². The second kappa shape index (κ2) is 14.6. The van der Waals surface area contributed by atoms with E-state index >= 15 is 0 Å². The Morgan fingerprint density at radius 1 is 0.785 bits per heavy atom. The molecule has 2 aliphatic rings. The van der Waals surface area contributed by atoms with Crippen molar-refractivity contribution >= 4 is 57.5 Å². The van der Waals surface area contributed by atoms with Gasteiger partial charge in [-0.15, -0.1) is 0 Å². The van der Waals surface area contributed by atoms with E-state index in [0.29, 0.717) is 46.0 Å². The van der Waals surface area contributed by atoms with Gasteiger partial charge in [0.05, 0.1) is 71.3 Å². The number of nitrogens with zero attached hydrogens (tertiary/aromatic N) is 16. The molecule has 1 aliphatic heterocycles. The molecule has 0 radical (unpaired) electrons. The van der Waals surface area contributed by atoms with Crippen LogP contribution >= 0.6 is 0 Å². The molecule has 10 heterocycles. The fraction of sp³-hybridized carbons (Fsp3) is 0.250. The van der Waals surface area contributed by atoms with Crippen molar-refractivity contribution in [2.45, 2.75) is 57.5 Å². The minimum atomic E-state index is -2.66. The summed E-state index contributed by atoms with van der Waals surface area (Å²) in [6.45, 7) is 2.44. The van der Waals surface area contributed by atoms with Crippen molar-refractivity contribution in [3.05, 3.63) is 107 Å². The van der Waals surface area contributed by atoms with E-state index in [2.05, 4.69) is 55.8 Å². The molecule has 0 saturated heterocycles. The zero-order valence-corrected chi connectivity index (χ0v) is 34.2. The molecule has 0 bridgehead atoms. The van der Waals surface area contributed by atoms with Crippen LogP contribution in [0, 0.1) is 13.8 Å². The smallest absolute Gasteiger partial charge is 0.334 e. The summed E-state index contributed by atoms with van der Waals surface area (Å²) in [5, 5.41) is 18.6. The standard InChI is InChI=1S/C40H32F4N18O3/c1-19-4-25(45-10-26(19)53-38-48-11-28-34(56-38)62(39(64)57(28)3)22-8-51-59(14-22)17-31(43)44)29-12-46-35(65-29)23-6-40(23)24-9-47-37(54-27-15-60-32(5-20(27)2)49-18-52-60)55-33(24)61(36(40)63)21-7-50-58(13-21)16-30(41)42/h4-5,7-15,18,23,30-31H,6,16-17H2,1-3H3,(H,47,54,55)(H,48,53,56). The third-order valence-electron chi connectivity index (χ3n) is 11.5. The number of hydrogen-bond acceptors (Lipinski definition) is 15. The molecule has 2 unspecified atom stereocenters. The zero-order chi connectivity index (χ0) is 44.9. The van der Waals surface area contributed by atoms with E-state index in [0.717, 1.165) is 20.5 Å². The molecule has 1 spiro atoms. The van der Waals surface area contributed by atoms with Gasteiger partial charge in [0.2, 0.25) is 17.8 Å². The average molecular weight is 889 g/mol. The lowest BCUT2D eigenvalue weighted by molar-refractivity contribution is -0.119. The summed E-state index contributed by atoms with van der Waals surface area (Å²) >= 11 is 0. The Bertz CT molecular complexity index is 3420. The summed E-state index contributed by atoms with van der Waals surface area (Å²) in [6.07, 6.45) is 9.72. The van der Waals surface area contributed by atoms with Crippen molar-refractivity contribution in [2.75, 3.05) is 15.5 Å². The first-order valence-corrected chi connectivity index (χ1v) is 19.9. The normalized spacial score (nSPS) is 16.8. The number of alkyl halides is 4. The molecule has 21 nitrogen and oxygen atoms in total. The van der Waals surface area contributed by atoms with Gasteiger partial charge in [0.15, 0.2) is 22.9 Å². The first-order valence-electron chi connectivity index (χ1n) is 19.9. The summed E-state index contributed by atoms with van der Waals surface area (Å²) < 4.78 is 65.3. The van der Waals surface area contributed by atoms with Gasteiger partial charge in [-0.05, 0) is 43.5 Å². The number of halogens is 4. The maximum absolute atomic E-state index is 14.6. The van der Waals surface area contributed by atoms with Gasteiger partial charge in [0, 0.05) is 31.2 Å². The largest absolute Gasteiger partial charge is 0.439 e. The zero-order valence-electron chi connectivity index (χ0n) is 34.2. The molecule has 1 amide bonds. The molecule has 0 aromatic carbocycles. The summed E-state index contributed by atoms with van der Waals surface area (Å²) in [4.78, 5) is 60.9. The highest BCUT2D eigenvalue weighted by Gasteiger charge is 2.70. The van der Waals surface area contributed by atoms with E-state index in [-0.39, 0.29) is 46.5 Å². The molecule has 25 heteroatoms. The number of hydrogen-bond donors (Lipinski definition) is 2. The molecule has 65 heavy (non-hydrogen) atoms. The Kier molecular flexibility index (Phi) is 8.86. The van der Waals surface area contributed by atoms with Crippen LogP contribution in [0.5, 0.6) is 0 Å². The third-order valence-corrected chi connectivity index (χ3v) is 11.5. The highest BCUT2D eigenvalue weighted by molar-refractivity contribution is 6.14. The lowest BCUT2D eigenvalue weighted by atomic mass is 9.97. The quantitative estimate of drug-likeness (QED) is 0.152. The number of nitrogens with one attached hydrogen (secondary N) is 2. The Morgan fingerprint density at radius 2 is 1.49 bits per heavy atom. The number of rotatable bonds is 12. The van der Waals surface area contributed by atoms with Gasteiger partial charge in [-0.1, -0.05) is 0 Å².